The van der Waals surface area contributed by atoms with Gasteiger partial charge in [-0.3, -0.25) is 0 Å². The Morgan fingerprint density at radius 3 is 2.40 bits per heavy atom. The van der Waals surface area contributed by atoms with E-state index in [0.717, 1.165) is 6.42 Å². The highest BCUT2D eigenvalue weighted by atomic mass is 32.2. The van der Waals surface area contributed by atoms with Crippen molar-refractivity contribution >= 4 is 11.8 Å². The van der Waals surface area contributed by atoms with Crippen molar-refractivity contribution in [1.82, 2.24) is 0 Å². The van der Waals surface area contributed by atoms with Gasteiger partial charge in [-0.2, -0.15) is 0 Å². The van der Waals surface area contributed by atoms with Crippen LogP contribution in [0.2, 0.25) is 0 Å². The maximum atomic E-state index is 5.59. The van der Waals surface area contributed by atoms with Crippen LogP contribution in [0.5, 0.6) is 0 Å². The Labute approximate surface area is 68.1 Å². The van der Waals surface area contributed by atoms with Crippen molar-refractivity contribution < 1.29 is 0 Å². The summed E-state index contributed by atoms with van der Waals surface area (Å²) in [6.45, 7) is 10.3. The predicted octanol–water partition coefficient (Wildman–Crippen LogP) is 2.58. The lowest BCUT2D eigenvalue weighted by Gasteiger charge is -2.13. The summed E-state index contributed by atoms with van der Waals surface area (Å²) in [6, 6.07) is 0. The Bertz CT molecular complexity index is 110. The maximum absolute atomic E-state index is 5.59. The smallest absolute Gasteiger partial charge is 0.0522 e. The van der Waals surface area contributed by atoms with Crippen molar-refractivity contribution in [3.05, 3.63) is 11.5 Å². The van der Waals surface area contributed by atoms with Crippen LogP contribution < -0.4 is 5.73 Å². The molecule has 60 valence electrons. The van der Waals surface area contributed by atoms with E-state index < -0.39 is 0 Å². The van der Waals surface area contributed by atoms with E-state index in [1.807, 2.05) is 6.92 Å². The van der Waals surface area contributed by atoms with E-state index in [1.165, 1.54) is 4.91 Å². The summed E-state index contributed by atoms with van der Waals surface area (Å²) in [5, 5.41) is 0.182. The number of rotatable bonds is 4. The van der Waals surface area contributed by atoms with Crippen LogP contribution in [-0.2, 0) is 0 Å². The normalized spacial score (nSPS) is 16.4. The SMILES string of the molecule is C=C(SC(C)N)C(C)CC. The predicted molar refractivity (Wildman–Crippen MR) is 49.8 cm³/mol. The quantitative estimate of drug-likeness (QED) is 0.638. The van der Waals surface area contributed by atoms with Gasteiger partial charge in [0.15, 0.2) is 0 Å². The molecule has 10 heavy (non-hydrogen) atoms. The summed E-state index contributed by atoms with van der Waals surface area (Å²) in [7, 11) is 0. The molecule has 0 rings (SSSR count). The molecular formula is C8H17NS. The molecule has 0 aromatic carbocycles. The van der Waals surface area contributed by atoms with Crippen LogP contribution in [0.1, 0.15) is 27.2 Å². The molecule has 2 unspecified atom stereocenters. The summed E-state index contributed by atoms with van der Waals surface area (Å²) < 4.78 is 0. The zero-order valence-corrected chi connectivity index (χ0v) is 7.87. The van der Waals surface area contributed by atoms with Gasteiger partial charge < -0.3 is 5.73 Å². The molecule has 2 heteroatoms. The van der Waals surface area contributed by atoms with Gasteiger partial charge in [0.25, 0.3) is 0 Å². The van der Waals surface area contributed by atoms with Gasteiger partial charge in [0, 0.05) is 0 Å². The minimum atomic E-state index is 0.182. The minimum Gasteiger partial charge on any atom is -0.319 e. The van der Waals surface area contributed by atoms with Crippen LogP contribution in [0.4, 0.5) is 0 Å². The Kier molecular flexibility index (Phi) is 4.83. The summed E-state index contributed by atoms with van der Waals surface area (Å²) in [4.78, 5) is 1.21. The van der Waals surface area contributed by atoms with E-state index in [9.17, 15) is 0 Å². The van der Waals surface area contributed by atoms with Crippen LogP contribution in [0.25, 0.3) is 0 Å². The van der Waals surface area contributed by atoms with Crippen molar-refractivity contribution in [2.24, 2.45) is 11.7 Å². The van der Waals surface area contributed by atoms with Gasteiger partial charge in [-0.05, 0) is 24.2 Å². The molecule has 0 radical (unpaired) electrons. The molecule has 0 aliphatic heterocycles. The summed E-state index contributed by atoms with van der Waals surface area (Å²) in [5.74, 6) is 0.594. The summed E-state index contributed by atoms with van der Waals surface area (Å²) in [6.07, 6.45) is 1.15. The first-order valence-corrected chi connectivity index (χ1v) is 4.57. The van der Waals surface area contributed by atoms with E-state index in [0.29, 0.717) is 5.92 Å². The van der Waals surface area contributed by atoms with Gasteiger partial charge in [0.1, 0.15) is 0 Å². The van der Waals surface area contributed by atoms with Gasteiger partial charge in [-0.15, -0.1) is 11.8 Å². The molecule has 0 fully saturated rings. The monoisotopic (exact) mass is 159 g/mol. The second-order valence-electron chi connectivity index (χ2n) is 2.60. The molecule has 0 aliphatic rings. The third-order valence-electron chi connectivity index (χ3n) is 1.50. The molecule has 1 nitrogen and oxygen atoms in total. The fourth-order valence-corrected chi connectivity index (χ4v) is 1.46. The number of allylic oxidation sites excluding steroid dienone is 1. The van der Waals surface area contributed by atoms with Crippen LogP contribution in [0.15, 0.2) is 11.5 Å². The van der Waals surface area contributed by atoms with E-state index in [-0.39, 0.29) is 5.37 Å². The second kappa shape index (κ2) is 4.80. The largest absolute Gasteiger partial charge is 0.319 e. The molecule has 0 aliphatic carbocycles. The number of nitrogens with two attached hydrogens (primary N) is 1. The number of hydrogen-bond donors (Lipinski definition) is 1. The van der Waals surface area contributed by atoms with Crippen LogP contribution >= 0.6 is 11.8 Å². The van der Waals surface area contributed by atoms with Crippen LogP contribution in [0.3, 0.4) is 0 Å². The minimum absolute atomic E-state index is 0.182. The molecular weight excluding hydrogens is 142 g/mol. The number of hydrogen-bond acceptors (Lipinski definition) is 2. The third kappa shape index (κ3) is 3.96. The zero-order chi connectivity index (χ0) is 8.15. The van der Waals surface area contributed by atoms with E-state index in [4.69, 9.17) is 5.73 Å². The second-order valence-corrected chi connectivity index (χ2v) is 4.10. The lowest BCUT2D eigenvalue weighted by molar-refractivity contribution is 0.688. The zero-order valence-electron chi connectivity index (χ0n) is 7.05. The Morgan fingerprint density at radius 1 is 1.60 bits per heavy atom. The average Bonchev–Trinajstić information content (AvgIpc) is 1.85. The van der Waals surface area contributed by atoms with E-state index in [1.54, 1.807) is 11.8 Å². The van der Waals surface area contributed by atoms with Gasteiger partial charge in [-0.1, -0.05) is 20.4 Å². The standard InChI is InChI=1S/C8H17NS/c1-5-6(2)7(3)10-8(4)9/h6,8H,3,5,9H2,1-2,4H3. The highest BCUT2D eigenvalue weighted by Gasteiger charge is 2.05. The van der Waals surface area contributed by atoms with Gasteiger partial charge in [0.2, 0.25) is 0 Å². The first-order valence-electron chi connectivity index (χ1n) is 3.69. The van der Waals surface area contributed by atoms with Gasteiger partial charge in [0.05, 0.1) is 5.37 Å². The first kappa shape index (κ1) is 10.0. The molecule has 0 saturated heterocycles. The molecule has 0 bridgehead atoms. The molecule has 0 aromatic heterocycles. The van der Waals surface area contributed by atoms with Crippen molar-refractivity contribution in [3.8, 4) is 0 Å². The molecule has 2 N–H and O–H groups in total. The highest BCUT2D eigenvalue weighted by Crippen LogP contribution is 2.25. The third-order valence-corrected chi connectivity index (χ3v) is 2.58. The fraction of sp³-hybridized carbons (Fsp3) is 0.750. The summed E-state index contributed by atoms with van der Waals surface area (Å²) >= 11 is 1.67. The molecule has 0 amide bonds. The maximum Gasteiger partial charge on any atom is 0.0522 e. The lowest BCUT2D eigenvalue weighted by Crippen LogP contribution is -2.10. The Morgan fingerprint density at radius 2 is 2.10 bits per heavy atom. The van der Waals surface area contributed by atoms with E-state index in [2.05, 4.69) is 20.4 Å². The average molecular weight is 159 g/mol. The van der Waals surface area contributed by atoms with Crippen molar-refractivity contribution in [2.75, 3.05) is 0 Å². The summed E-state index contributed by atoms with van der Waals surface area (Å²) in [5.41, 5.74) is 5.59. The van der Waals surface area contributed by atoms with Crippen molar-refractivity contribution in [3.63, 3.8) is 0 Å². The Hall–Kier alpha value is 0.0500. The van der Waals surface area contributed by atoms with Gasteiger partial charge >= 0.3 is 0 Å². The molecule has 0 heterocycles. The van der Waals surface area contributed by atoms with Crippen LogP contribution in [0, 0.1) is 5.92 Å². The molecule has 0 spiro atoms. The first-order chi connectivity index (χ1) is 4.57. The fourth-order valence-electron chi connectivity index (χ4n) is 0.583. The number of thioether (sulfide) groups is 1. The molecule has 0 saturated carbocycles. The van der Waals surface area contributed by atoms with Crippen molar-refractivity contribution in [2.45, 2.75) is 32.6 Å². The Balaban J connectivity index is 3.62. The molecule has 2 atom stereocenters. The molecule has 0 aromatic rings. The van der Waals surface area contributed by atoms with Crippen molar-refractivity contribution in [1.29, 1.82) is 0 Å². The van der Waals surface area contributed by atoms with Crippen LogP contribution in [-0.4, -0.2) is 5.37 Å². The lowest BCUT2D eigenvalue weighted by atomic mass is 10.1. The van der Waals surface area contributed by atoms with Gasteiger partial charge in [-0.25, -0.2) is 0 Å². The highest BCUT2D eigenvalue weighted by molar-refractivity contribution is 8.03. The van der Waals surface area contributed by atoms with E-state index >= 15 is 0 Å². The topological polar surface area (TPSA) is 26.0 Å².